The van der Waals surface area contributed by atoms with Crippen LogP contribution in [-0.4, -0.2) is 54.0 Å². The molecule has 0 aromatic heterocycles. The van der Waals surface area contributed by atoms with E-state index in [9.17, 15) is 9.59 Å². The Kier molecular flexibility index (Phi) is 3.39. The predicted octanol–water partition coefficient (Wildman–Crippen LogP) is -1.07. The highest BCUT2D eigenvalue weighted by molar-refractivity contribution is 6.34. The van der Waals surface area contributed by atoms with Crippen LogP contribution in [0.2, 0.25) is 0 Å². The van der Waals surface area contributed by atoms with Crippen LogP contribution in [0.5, 0.6) is 0 Å². The molecule has 1 aliphatic heterocycles. The van der Waals surface area contributed by atoms with E-state index in [4.69, 9.17) is 5.11 Å². The van der Waals surface area contributed by atoms with Crippen LogP contribution in [0.4, 0.5) is 0 Å². The normalized spacial score (nSPS) is 21.0. The van der Waals surface area contributed by atoms with E-state index < -0.39 is 17.8 Å². The highest BCUT2D eigenvalue weighted by atomic mass is 16.4. The zero-order valence-corrected chi connectivity index (χ0v) is 7.62. The number of aliphatic carboxylic acids is 1. The number of hydrogen-bond acceptors (Lipinski definition) is 4. The number of carboxylic acid groups (broad SMARTS) is 1. The van der Waals surface area contributed by atoms with Gasteiger partial charge in [-0.1, -0.05) is 0 Å². The van der Waals surface area contributed by atoms with Crippen LogP contribution < -0.4 is 5.32 Å². The van der Waals surface area contributed by atoms with Crippen LogP contribution in [-0.2, 0) is 9.59 Å². The molecule has 1 fully saturated rings. The molecule has 0 saturated carbocycles. The summed E-state index contributed by atoms with van der Waals surface area (Å²) in [5.41, 5.74) is 0. The monoisotopic (exact) mass is 186 g/mol. The minimum atomic E-state index is -1.34. The molecule has 0 aromatic rings. The van der Waals surface area contributed by atoms with Crippen molar-refractivity contribution in [2.75, 3.05) is 26.2 Å². The molecule has 5 heteroatoms. The van der Waals surface area contributed by atoms with Gasteiger partial charge in [-0.2, -0.15) is 0 Å². The molecule has 1 heterocycles. The molecule has 0 spiro atoms. The Balaban J connectivity index is 2.49. The second kappa shape index (κ2) is 4.34. The first kappa shape index (κ1) is 10.1. The third-order valence-corrected chi connectivity index (χ3v) is 2.29. The predicted molar refractivity (Wildman–Crippen MR) is 46.5 cm³/mol. The first-order chi connectivity index (χ1) is 6.13. The van der Waals surface area contributed by atoms with Crippen LogP contribution in [0.3, 0.4) is 0 Å². The molecular formula is C8H14N2O3. The number of carboxylic acids is 1. The molecule has 1 aliphatic rings. The fourth-order valence-corrected chi connectivity index (χ4v) is 1.41. The van der Waals surface area contributed by atoms with Crippen molar-refractivity contribution < 1.29 is 14.7 Å². The van der Waals surface area contributed by atoms with Crippen molar-refractivity contribution in [2.45, 2.75) is 13.0 Å². The first-order valence-corrected chi connectivity index (χ1v) is 4.35. The van der Waals surface area contributed by atoms with Gasteiger partial charge < -0.3 is 10.4 Å². The quantitative estimate of drug-likeness (QED) is 0.549. The minimum absolute atomic E-state index is 0.500. The highest BCUT2D eigenvalue weighted by Crippen LogP contribution is 2.01. The molecule has 1 rings (SSSR count). The average Bonchev–Trinajstić information content (AvgIpc) is 2.17. The molecule has 0 aliphatic carbocycles. The van der Waals surface area contributed by atoms with Gasteiger partial charge in [-0.05, 0) is 6.92 Å². The Morgan fingerprint density at radius 3 is 2.38 bits per heavy atom. The summed E-state index contributed by atoms with van der Waals surface area (Å²) in [5.74, 6) is -2.06. The van der Waals surface area contributed by atoms with Gasteiger partial charge in [-0.15, -0.1) is 0 Å². The van der Waals surface area contributed by atoms with Gasteiger partial charge in [-0.25, -0.2) is 4.79 Å². The van der Waals surface area contributed by atoms with Gasteiger partial charge in [0, 0.05) is 26.2 Å². The van der Waals surface area contributed by atoms with Gasteiger partial charge in [0.1, 0.15) is 0 Å². The van der Waals surface area contributed by atoms with Crippen LogP contribution in [0.15, 0.2) is 0 Å². The molecule has 1 atom stereocenters. The Hall–Kier alpha value is -0.940. The molecule has 0 bridgehead atoms. The van der Waals surface area contributed by atoms with Crippen molar-refractivity contribution in [3.8, 4) is 0 Å². The van der Waals surface area contributed by atoms with E-state index in [-0.39, 0.29) is 0 Å². The number of ketones is 1. The van der Waals surface area contributed by atoms with Gasteiger partial charge in [-0.3, -0.25) is 9.69 Å². The van der Waals surface area contributed by atoms with E-state index in [2.05, 4.69) is 5.32 Å². The molecule has 0 amide bonds. The summed E-state index contributed by atoms with van der Waals surface area (Å²) in [6.45, 7) is 4.75. The highest BCUT2D eigenvalue weighted by Gasteiger charge is 2.26. The maximum absolute atomic E-state index is 11.1. The average molecular weight is 186 g/mol. The zero-order valence-electron chi connectivity index (χ0n) is 7.62. The van der Waals surface area contributed by atoms with E-state index in [0.717, 1.165) is 26.2 Å². The fraction of sp³-hybridized carbons (Fsp3) is 0.750. The number of Topliss-reactive ketones (excluding diaryl/α,β-unsaturated/α-hetero) is 1. The second-order valence-electron chi connectivity index (χ2n) is 3.13. The van der Waals surface area contributed by atoms with Gasteiger partial charge in [0.05, 0.1) is 6.04 Å². The molecule has 13 heavy (non-hydrogen) atoms. The van der Waals surface area contributed by atoms with Crippen molar-refractivity contribution in [1.29, 1.82) is 0 Å². The van der Waals surface area contributed by atoms with E-state index in [1.807, 2.05) is 4.90 Å². The maximum Gasteiger partial charge on any atom is 0.373 e. The second-order valence-corrected chi connectivity index (χ2v) is 3.13. The van der Waals surface area contributed by atoms with E-state index in [0.29, 0.717) is 0 Å². The summed E-state index contributed by atoms with van der Waals surface area (Å²) in [6.07, 6.45) is 0. The van der Waals surface area contributed by atoms with Crippen LogP contribution >= 0.6 is 0 Å². The number of hydrogen-bond donors (Lipinski definition) is 2. The summed E-state index contributed by atoms with van der Waals surface area (Å²) < 4.78 is 0. The summed E-state index contributed by atoms with van der Waals surface area (Å²) in [4.78, 5) is 23.4. The maximum atomic E-state index is 11.1. The molecule has 0 radical (unpaired) electrons. The summed E-state index contributed by atoms with van der Waals surface area (Å²) >= 11 is 0. The standard InChI is InChI=1S/C8H14N2O3/c1-6(7(11)8(12)13)10-4-2-9-3-5-10/h6,9H,2-5H2,1H3,(H,12,13). The SMILES string of the molecule is CC(C(=O)C(=O)O)N1CCNCC1. The lowest BCUT2D eigenvalue weighted by molar-refractivity contribution is -0.151. The lowest BCUT2D eigenvalue weighted by atomic mass is 10.1. The molecule has 74 valence electrons. The molecular weight excluding hydrogens is 172 g/mol. The molecule has 1 unspecified atom stereocenters. The number of rotatable bonds is 3. The zero-order chi connectivity index (χ0) is 9.84. The number of piperazine rings is 1. The number of nitrogens with zero attached hydrogens (tertiary/aromatic N) is 1. The third kappa shape index (κ3) is 2.50. The van der Waals surface area contributed by atoms with Crippen LogP contribution in [0.25, 0.3) is 0 Å². The Bertz CT molecular complexity index is 211. The van der Waals surface area contributed by atoms with Gasteiger partial charge in [0.2, 0.25) is 0 Å². The summed E-state index contributed by atoms with van der Waals surface area (Å²) in [5, 5.41) is 11.6. The van der Waals surface area contributed by atoms with Gasteiger partial charge in [0.15, 0.2) is 0 Å². The number of nitrogens with one attached hydrogen (secondary N) is 1. The molecule has 5 nitrogen and oxygen atoms in total. The summed E-state index contributed by atoms with van der Waals surface area (Å²) in [6, 6.07) is -0.500. The van der Waals surface area contributed by atoms with Gasteiger partial charge in [0.25, 0.3) is 5.78 Å². The Morgan fingerprint density at radius 1 is 1.38 bits per heavy atom. The van der Waals surface area contributed by atoms with E-state index >= 15 is 0 Å². The van der Waals surface area contributed by atoms with Crippen molar-refractivity contribution in [3.63, 3.8) is 0 Å². The Morgan fingerprint density at radius 2 is 1.92 bits per heavy atom. The first-order valence-electron chi connectivity index (χ1n) is 4.35. The van der Waals surface area contributed by atoms with Crippen molar-refractivity contribution in [1.82, 2.24) is 10.2 Å². The van der Waals surface area contributed by atoms with Crippen LogP contribution in [0, 0.1) is 0 Å². The van der Waals surface area contributed by atoms with Crippen molar-refractivity contribution in [3.05, 3.63) is 0 Å². The molecule has 1 saturated heterocycles. The number of carbonyl (C=O) groups excluding carboxylic acids is 1. The van der Waals surface area contributed by atoms with Gasteiger partial charge >= 0.3 is 5.97 Å². The lowest BCUT2D eigenvalue weighted by Crippen LogP contribution is -2.51. The lowest BCUT2D eigenvalue weighted by Gasteiger charge is -2.30. The minimum Gasteiger partial charge on any atom is -0.475 e. The van der Waals surface area contributed by atoms with Crippen molar-refractivity contribution >= 4 is 11.8 Å². The van der Waals surface area contributed by atoms with E-state index in [1.54, 1.807) is 6.92 Å². The van der Waals surface area contributed by atoms with E-state index in [1.165, 1.54) is 0 Å². The summed E-state index contributed by atoms with van der Waals surface area (Å²) in [7, 11) is 0. The third-order valence-electron chi connectivity index (χ3n) is 2.29. The van der Waals surface area contributed by atoms with Crippen molar-refractivity contribution in [2.24, 2.45) is 0 Å². The number of carbonyl (C=O) groups is 2. The van der Waals surface area contributed by atoms with Crippen LogP contribution in [0.1, 0.15) is 6.92 Å². The fourth-order valence-electron chi connectivity index (χ4n) is 1.41. The molecule has 2 N–H and O–H groups in total. The topological polar surface area (TPSA) is 69.6 Å². The smallest absolute Gasteiger partial charge is 0.373 e. The Labute approximate surface area is 76.7 Å². The largest absolute Gasteiger partial charge is 0.475 e. The molecule has 0 aromatic carbocycles.